The Morgan fingerprint density at radius 2 is 2.19 bits per heavy atom. The molecule has 0 spiro atoms. The first-order chi connectivity index (χ1) is 7.45. The van der Waals surface area contributed by atoms with Crippen molar-refractivity contribution < 1.29 is 9.90 Å². The Morgan fingerprint density at radius 3 is 2.75 bits per heavy atom. The summed E-state index contributed by atoms with van der Waals surface area (Å²) in [5.41, 5.74) is 0.535. The molecule has 1 aromatic heterocycles. The minimum Gasteiger partial charge on any atom is -0.394 e. The van der Waals surface area contributed by atoms with Crippen molar-refractivity contribution in [1.29, 1.82) is 0 Å². The van der Waals surface area contributed by atoms with Crippen LogP contribution in [0.5, 0.6) is 0 Å². The number of nitrogens with one attached hydrogen (secondary N) is 2. The molecule has 0 saturated carbocycles. The molecule has 0 radical (unpaired) electrons. The molecule has 16 heavy (non-hydrogen) atoms. The lowest BCUT2D eigenvalue weighted by Gasteiger charge is -2.10. The van der Waals surface area contributed by atoms with Crippen LogP contribution < -0.4 is 10.9 Å². The van der Waals surface area contributed by atoms with Crippen LogP contribution in [0.2, 0.25) is 0 Å². The Balaban J connectivity index is 3.01. The summed E-state index contributed by atoms with van der Waals surface area (Å²) in [6.07, 6.45) is 0. The molecule has 0 bridgehead atoms. The van der Waals surface area contributed by atoms with Gasteiger partial charge >= 0.3 is 0 Å². The van der Waals surface area contributed by atoms with Crippen LogP contribution in [0.1, 0.15) is 28.8 Å². The number of rotatable bonds is 3. The van der Waals surface area contributed by atoms with E-state index in [4.69, 9.17) is 5.11 Å². The van der Waals surface area contributed by atoms with E-state index in [9.17, 15) is 9.59 Å². The minimum atomic E-state index is -0.578. The average Bonchev–Trinajstić information content (AvgIpc) is 2.23. The molecule has 0 fully saturated rings. The van der Waals surface area contributed by atoms with Crippen LogP contribution in [0.3, 0.4) is 0 Å². The van der Waals surface area contributed by atoms with Gasteiger partial charge in [-0.25, -0.2) is 4.98 Å². The Morgan fingerprint density at radius 1 is 1.56 bits per heavy atom. The Bertz CT molecular complexity index is 453. The number of aromatic nitrogens is 2. The van der Waals surface area contributed by atoms with Crippen molar-refractivity contribution in [2.75, 3.05) is 6.61 Å². The second-order valence-corrected chi connectivity index (χ2v) is 3.68. The van der Waals surface area contributed by atoms with Gasteiger partial charge in [0.1, 0.15) is 0 Å². The standard InChI is InChI=1S/C10H15N3O3/c1-5(4-14)11-9(15)8-10(16)13-7(3)6(2)12-8/h5,14H,4H2,1-3H3,(H,11,15)(H,13,16). The van der Waals surface area contributed by atoms with Crippen LogP contribution in [-0.4, -0.2) is 33.6 Å². The van der Waals surface area contributed by atoms with E-state index in [-0.39, 0.29) is 12.3 Å². The van der Waals surface area contributed by atoms with E-state index in [1.165, 1.54) is 0 Å². The van der Waals surface area contributed by atoms with Crippen LogP contribution in [0, 0.1) is 13.8 Å². The molecule has 0 aliphatic rings. The Labute approximate surface area is 92.7 Å². The van der Waals surface area contributed by atoms with Gasteiger partial charge in [-0.15, -0.1) is 0 Å². The van der Waals surface area contributed by atoms with Gasteiger partial charge in [-0.1, -0.05) is 0 Å². The second-order valence-electron chi connectivity index (χ2n) is 3.68. The lowest BCUT2D eigenvalue weighted by atomic mass is 10.3. The number of aliphatic hydroxyl groups excluding tert-OH is 1. The molecule has 0 aliphatic heterocycles. The molecule has 1 amide bonds. The maximum Gasteiger partial charge on any atom is 0.279 e. The van der Waals surface area contributed by atoms with Gasteiger partial charge in [0.05, 0.1) is 12.3 Å². The highest BCUT2D eigenvalue weighted by Gasteiger charge is 2.15. The predicted octanol–water partition coefficient (Wildman–Crippen LogP) is -0.503. The summed E-state index contributed by atoms with van der Waals surface area (Å²) < 4.78 is 0. The van der Waals surface area contributed by atoms with Gasteiger partial charge in [0, 0.05) is 11.7 Å². The van der Waals surface area contributed by atoms with Crippen LogP contribution in [0.25, 0.3) is 0 Å². The number of nitrogens with zero attached hydrogens (tertiary/aromatic N) is 1. The SMILES string of the molecule is Cc1nc(C(=O)NC(C)CO)c(=O)[nH]c1C. The van der Waals surface area contributed by atoms with Crippen LogP contribution >= 0.6 is 0 Å². The summed E-state index contributed by atoms with van der Waals surface area (Å²) in [4.78, 5) is 29.5. The quantitative estimate of drug-likeness (QED) is 0.646. The highest BCUT2D eigenvalue weighted by Crippen LogP contribution is 1.97. The molecule has 1 rings (SSSR count). The third-order valence-electron chi connectivity index (χ3n) is 2.20. The van der Waals surface area contributed by atoms with Gasteiger partial charge in [-0.2, -0.15) is 0 Å². The summed E-state index contributed by atoms with van der Waals surface area (Å²) in [5.74, 6) is -0.578. The number of hydrogen-bond donors (Lipinski definition) is 3. The normalized spacial score (nSPS) is 12.2. The molecular formula is C10H15N3O3. The summed E-state index contributed by atoms with van der Waals surface area (Å²) in [5, 5.41) is 11.2. The summed E-state index contributed by atoms with van der Waals surface area (Å²) >= 11 is 0. The molecule has 1 aromatic rings. The van der Waals surface area contributed by atoms with Crippen molar-refractivity contribution >= 4 is 5.91 Å². The van der Waals surface area contributed by atoms with E-state index < -0.39 is 17.5 Å². The molecule has 3 N–H and O–H groups in total. The van der Waals surface area contributed by atoms with Gasteiger partial charge in [0.2, 0.25) is 0 Å². The molecular weight excluding hydrogens is 210 g/mol. The van der Waals surface area contributed by atoms with Crippen molar-refractivity contribution in [3.05, 3.63) is 27.4 Å². The van der Waals surface area contributed by atoms with E-state index >= 15 is 0 Å². The van der Waals surface area contributed by atoms with Crippen molar-refractivity contribution in [3.63, 3.8) is 0 Å². The van der Waals surface area contributed by atoms with Gasteiger partial charge in [-0.3, -0.25) is 9.59 Å². The maximum absolute atomic E-state index is 11.6. The molecule has 1 heterocycles. The fraction of sp³-hybridized carbons (Fsp3) is 0.500. The van der Waals surface area contributed by atoms with E-state index in [0.29, 0.717) is 11.4 Å². The zero-order valence-corrected chi connectivity index (χ0v) is 9.50. The van der Waals surface area contributed by atoms with E-state index in [0.717, 1.165) is 0 Å². The van der Waals surface area contributed by atoms with E-state index in [1.807, 2.05) is 0 Å². The van der Waals surface area contributed by atoms with Gasteiger partial charge in [0.25, 0.3) is 11.5 Å². The summed E-state index contributed by atoms with van der Waals surface area (Å²) in [6.45, 7) is 4.86. The molecule has 0 saturated heterocycles. The second kappa shape index (κ2) is 4.89. The smallest absolute Gasteiger partial charge is 0.279 e. The van der Waals surface area contributed by atoms with Crippen molar-refractivity contribution in [1.82, 2.24) is 15.3 Å². The molecule has 88 valence electrons. The van der Waals surface area contributed by atoms with E-state index in [2.05, 4.69) is 15.3 Å². The monoisotopic (exact) mass is 225 g/mol. The first kappa shape index (κ1) is 12.4. The van der Waals surface area contributed by atoms with E-state index in [1.54, 1.807) is 20.8 Å². The number of aryl methyl sites for hydroxylation is 2. The van der Waals surface area contributed by atoms with Crippen molar-refractivity contribution in [2.45, 2.75) is 26.8 Å². The predicted molar refractivity (Wildman–Crippen MR) is 58.3 cm³/mol. The summed E-state index contributed by atoms with van der Waals surface area (Å²) in [7, 11) is 0. The number of aromatic amines is 1. The zero-order chi connectivity index (χ0) is 12.3. The topological polar surface area (TPSA) is 95.1 Å². The van der Waals surface area contributed by atoms with Crippen molar-refractivity contribution in [3.8, 4) is 0 Å². The Kier molecular flexibility index (Phi) is 3.78. The largest absolute Gasteiger partial charge is 0.394 e. The maximum atomic E-state index is 11.6. The fourth-order valence-corrected chi connectivity index (χ4v) is 1.11. The number of hydrogen-bond acceptors (Lipinski definition) is 4. The number of amides is 1. The number of aliphatic hydroxyl groups is 1. The molecule has 6 heteroatoms. The molecule has 6 nitrogen and oxygen atoms in total. The highest BCUT2D eigenvalue weighted by molar-refractivity contribution is 5.92. The molecule has 0 aromatic carbocycles. The Hall–Kier alpha value is -1.69. The highest BCUT2D eigenvalue weighted by atomic mass is 16.3. The third kappa shape index (κ3) is 2.66. The fourth-order valence-electron chi connectivity index (χ4n) is 1.11. The zero-order valence-electron chi connectivity index (χ0n) is 9.50. The molecule has 1 atom stereocenters. The first-order valence-corrected chi connectivity index (χ1v) is 4.95. The van der Waals surface area contributed by atoms with Gasteiger partial charge in [0.15, 0.2) is 5.69 Å². The number of H-pyrrole nitrogens is 1. The summed E-state index contributed by atoms with van der Waals surface area (Å²) in [6, 6.07) is -0.407. The van der Waals surface area contributed by atoms with Crippen LogP contribution in [0.15, 0.2) is 4.79 Å². The van der Waals surface area contributed by atoms with Crippen LogP contribution in [0.4, 0.5) is 0 Å². The minimum absolute atomic E-state index is 0.177. The lowest BCUT2D eigenvalue weighted by molar-refractivity contribution is 0.0915. The van der Waals surface area contributed by atoms with Crippen molar-refractivity contribution in [2.24, 2.45) is 0 Å². The van der Waals surface area contributed by atoms with Gasteiger partial charge < -0.3 is 15.4 Å². The van der Waals surface area contributed by atoms with Crippen LogP contribution in [-0.2, 0) is 0 Å². The lowest BCUT2D eigenvalue weighted by Crippen LogP contribution is -2.39. The molecule has 0 aliphatic carbocycles. The average molecular weight is 225 g/mol. The first-order valence-electron chi connectivity index (χ1n) is 4.95. The third-order valence-corrected chi connectivity index (χ3v) is 2.20. The van der Waals surface area contributed by atoms with Gasteiger partial charge in [-0.05, 0) is 20.8 Å². The number of carbonyl (C=O) groups is 1. The number of carbonyl (C=O) groups excluding carboxylic acids is 1. The molecule has 1 unspecified atom stereocenters.